The zero-order chi connectivity index (χ0) is 17.7. The van der Waals surface area contributed by atoms with Gasteiger partial charge in [-0.3, -0.25) is 4.79 Å². The quantitative estimate of drug-likeness (QED) is 0.805. The summed E-state index contributed by atoms with van der Waals surface area (Å²) in [5, 5.41) is 2.74. The Kier molecular flexibility index (Phi) is 6.09. The fourth-order valence-corrected chi connectivity index (χ4v) is 3.30. The standard InChI is InChI=1S/C16H21N3O3S2/c1-19(2)16(20)10-15-18-14(11-23-15)13-6-4-12(5-7-13)8-9-17-24(3,21)22/h4-7,11,17H,8-10H2,1-3H3. The van der Waals surface area contributed by atoms with Crippen molar-refractivity contribution >= 4 is 27.3 Å². The molecular weight excluding hydrogens is 346 g/mol. The lowest BCUT2D eigenvalue weighted by Crippen LogP contribution is -2.24. The van der Waals surface area contributed by atoms with Gasteiger partial charge in [-0.25, -0.2) is 18.1 Å². The first kappa shape index (κ1) is 18.6. The molecule has 0 aliphatic rings. The Morgan fingerprint density at radius 2 is 1.92 bits per heavy atom. The average molecular weight is 367 g/mol. The molecule has 0 aliphatic heterocycles. The first-order valence-corrected chi connectivity index (χ1v) is 10.2. The number of carbonyl (C=O) groups excluding carboxylic acids is 1. The van der Waals surface area contributed by atoms with E-state index in [1.165, 1.54) is 11.3 Å². The topological polar surface area (TPSA) is 79.4 Å². The minimum Gasteiger partial charge on any atom is -0.348 e. The van der Waals surface area contributed by atoms with Gasteiger partial charge in [0.1, 0.15) is 5.01 Å². The first-order valence-electron chi connectivity index (χ1n) is 7.43. The maximum atomic E-state index is 11.7. The molecule has 1 aromatic heterocycles. The highest BCUT2D eigenvalue weighted by molar-refractivity contribution is 7.88. The van der Waals surface area contributed by atoms with Crippen molar-refractivity contribution in [3.05, 3.63) is 40.2 Å². The van der Waals surface area contributed by atoms with Crippen LogP contribution in [0.25, 0.3) is 11.3 Å². The minimum atomic E-state index is -3.15. The number of sulfonamides is 1. The Morgan fingerprint density at radius 1 is 1.25 bits per heavy atom. The number of aromatic nitrogens is 1. The number of rotatable bonds is 7. The molecule has 0 fully saturated rings. The summed E-state index contributed by atoms with van der Waals surface area (Å²) >= 11 is 1.48. The molecule has 2 rings (SSSR count). The minimum absolute atomic E-state index is 0.0321. The van der Waals surface area contributed by atoms with E-state index in [2.05, 4.69) is 9.71 Å². The van der Waals surface area contributed by atoms with Crippen LogP contribution in [-0.2, 0) is 27.7 Å². The van der Waals surface area contributed by atoms with Crippen molar-refractivity contribution in [3.8, 4) is 11.3 Å². The van der Waals surface area contributed by atoms with Crippen LogP contribution in [0.3, 0.4) is 0 Å². The third-order valence-corrected chi connectivity index (χ3v) is 4.96. The van der Waals surface area contributed by atoms with Crippen molar-refractivity contribution in [3.63, 3.8) is 0 Å². The Hall–Kier alpha value is -1.77. The summed E-state index contributed by atoms with van der Waals surface area (Å²) in [5.41, 5.74) is 2.88. The third-order valence-electron chi connectivity index (χ3n) is 3.38. The van der Waals surface area contributed by atoms with Crippen molar-refractivity contribution in [1.29, 1.82) is 0 Å². The van der Waals surface area contributed by atoms with E-state index >= 15 is 0 Å². The predicted molar refractivity (Wildman–Crippen MR) is 96.5 cm³/mol. The largest absolute Gasteiger partial charge is 0.348 e. The Bertz CT molecular complexity index is 796. The molecule has 2 aromatic rings. The SMILES string of the molecule is CN(C)C(=O)Cc1nc(-c2ccc(CCNS(C)(=O)=O)cc2)cs1. The van der Waals surface area contributed by atoms with Crippen LogP contribution in [0.4, 0.5) is 0 Å². The molecule has 24 heavy (non-hydrogen) atoms. The number of amides is 1. The summed E-state index contributed by atoms with van der Waals surface area (Å²) in [6, 6.07) is 7.84. The smallest absolute Gasteiger partial charge is 0.228 e. The zero-order valence-corrected chi connectivity index (χ0v) is 15.6. The molecule has 0 unspecified atom stereocenters. The van der Waals surface area contributed by atoms with Crippen LogP contribution in [0.2, 0.25) is 0 Å². The molecule has 6 nitrogen and oxygen atoms in total. The van der Waals surface area contributed by atoms with Gasteiger partial charge < -0.3 is 4.90 Å². The number of nitrogens with zero attached hydrogens (tertiary/aromatic N) is 2. The predicted octanol–water partition coefficient (Wildman–Crippen LogP) is 1.53. The molecule has 0 saturated carbocycles. The van der Waals surface area contributed by atoms with Crippen molar-refractivity contribution in [2.45, 2.75) is 12.8 Å². The number of thiazole rings is 1. The van der Waals surface area contributed by atoms with E-state index in [0.29, 0.717) is 19.4 Å². The van der Waals surface area contributed by atoms with E-state index in [9.17, 15) is 13.2 Å². The van der Waals surface area contributed by atoms with Crippen LogP contribution in [0, 0.1) is 0 Å². The summed E-state index contributed by atoms with van der Waals surface area (Å²) in [6.45, 7) is 0.381. The summed E-state index contributed by atoms with van der Waals surface area (Å²) in [7, 11) is 0.312. The summed E-state index contributed by atoms with van der Waals surface area (Å²) < 4.78 is 24.5. The van der Waals surface area contributed by atoms with Crippen LogP contribution in [0.5, 0.6) is 0 Å². The Morgan fingerprint density at radius 3 is 2.50 bits per heavy atom. The number of likely N-dealkylation sites (N-methyl/N-ethyl adjacent to an activating group) is 1. The van der Waals surface area contributed by atoms with E-state index in [4.69, 9.17) is 0 Å². The van der Waals surface area contributed by atoms with Gasteiger partial charge in [0.15, 0.2) is 0 Å². The van der Waals surface area contributed by atoms with Crippen LogP contribution in [-0.4, -0.2) is 51.1 Å². The highest BCUT2D eigenvalue weighted by Gasteiger charge is 2.10. The fraction of sp³-hybridized carbons (Fsp3) is 0.375. The van der Waals surface area contributed by atoms with Gasteiger partial charge in [0.2, 0.25) is 15.9 Å². The Balaban J connectivity index is 1.98. The van der Waals surface area contributed by atoms with E-state index in [-0.39, 0.29) is 5.91 Å². The van der Waals surface area contributed by atoms with Crippen LogP contribution in [0.1, 0.15) is 10.6 Å². The van der Waals surface area contributed by atoms with Crippen molar-refractivity contribution in [2.24, 2.45) is 0 Å². The summed E-state index contributed by atoms with van der Waals surface area (Å²) in [6.07, 6.45) is 2.09. The van der Waals surface area contributed by atoms with Gasteiger partial charge in [0, 0.05) is 31.6 Å². The van der Waals surface area contributed by atoms with Gasteiger partial charge >= 0.3 is 0 Å². The monoisotopic (exact) mass is 367 g/mol. The second-order valence-electron chi connectivity index (χ2n) is 5.70. The van der Waals surface area contributed by atoms with Gasteiger partial charge in [-0.15, -0.1) is 11.3 Å². The van der Waals surface area contributed by atoms with Gasteiger partial charge in [0.25, 0.3) is 0 Å². The third kappa shape index (κ3) is 5.70. The highest BCUT2D eigenvalue weighted by Crippen LogP contribution is 2.23. The lowest BCUT2D eigenvalue weighted by molar-refractivity contribution is -0.127. The Labute approximate surface area is 146 Å². The van der Waals surface area contributed by atoms with Crippen molar-refractivity contribution < 1.29 is 13.2 Å². The van der Waals surface area contributed by atoms with E-state index in [0.717, 1.165) is 28.1 Å². The van der Waals surface area contributed by atoms with Gasteiger partial charge in [-0.05, 0) is 12.0 Å². The normalized spacial score (nSPS) is 11.5. The maximum Gasteiger partial charge on any atom is 0.228 e. The molecule has 1 aromatic carbocycles. The number of carbonyl (C=O) groups is 1. The van der Waals surface area contributed by atoms with Crippen molar-refractivity contribution in [2.75, 3.05) is 26.9 Å². The first-order chi connectivity index (χ1) is 11.2. The molecular formula is C16H21N3O3S2. The van der Waals surface area contributed by atoms with Gasteiger partial charge in [-0.1, -0.05) is 24.3 Å². The second kappa shape index (κ2) is 7.87. The maximum absolute atomic E-state index is 11.7. The van der Waals surface area contributed by atoms with Gasteiger partial charge in [-0.2, -0.15) is 0 Å². The number of hydrogen-bond donors (Lipinski definition) is 1. The van der Waals surface area contributed by atoms with Crippen LogP contribution in [0.15, 0.2) is 29.6 Å². The molecule has 130 valence electrons. The lowest BCUT2D eigenvalue weighted by Gasteiger charge is -2.07. The van der Waals surface area contributed by atoms with E-state index in [1.807, 2.05) is 29.6 Å². The van der Waals surface area contributed by atoms with Crippen LogP contribution >= 0.6 is 11.3 Å². The van der Waals surface area contributed by atoms with E-state index < -0.39 is 10.0 Å². The number of benzene rings is 1. The lowest BCUT2D eigenvalue weighted by atomic mass is 10.1. The average Bonchev–Trinajstić information content (AvgIpc) is 2.95. The van der Waals surface area contributed by atoms with Crippen LogP contribution < -0.4 is 4.72 Å². The zero-order valence-electron chi connectivity index (χ0n) is 13.9. The summed E-state index contributed by atoms with van der Waals surface area (Å²) in [4.78, 5) is 17.8. The molecule has 0 bridgehead atoms. The number of hydrogen-bond acceptors (Lipinski definition) is 5. The molecule has 0 radical (unpaired) electrons. The second-order valence-corrected chi connectivity index (χ2v) is 8.48. The van der Waals surface area contributed by atoms with Gasteiger partial charge in [0.05, 0.1) is 18.4 Å². The fourth-order valence-electron chi connectivity index (χ4n) is 2.04. The molecule has 0 spiro atoms. The molecule has 0 saturated heterocycles. The highest BCUT2D eigenvalue weighted by atomic mass is 32.2. The van der Waals surface area contributed by atoms with Crippen molar-refractivity contribution in [1.82, 2.24) is 14.6 Å². The molecule has 1 heterocycles. The molecule has 1 amide bonds. The molecule has 0 atom stereocenters. The summed E-state index contributed by atoms with van der Waals surface area (Å²) in [5.74, 6) is 0.0321. The van der Waals surface area contributed by atoms with E-state index in [1.54, 1.807) is 19.0 Å². The molecule has 1 N–H and O–H groups in total. The number of nitrogens with one attached hydrogen (secondary N) is 1. The molecule has 8 heteroatoms. The molecule has 0 aliphatic carbocycles.